The number of nitrogens with zero attached hydrogens (tertiary/aromatic N) is 3. The summed E-state index contributed by atoms with van der Waals surface area (Å²) in [7, 11) is 0. The van der Waals surface area contributed by atoms with Crippen molar-refractivity contribution in [2.24, 2.45) is 0 Å². The van der Waals surface area contributed by atoms with Crippen molar-refractivity contribution in [1.29, 1.82) is 0 Å². The van der Waals surface area contributed by atoms with Gasteiger partial charge in [0.25, 0.3) is 0 Å². The number of benzene rings is 7. The largest absolute Gasteiger partial charge is 0.276 e. The number of aromatic nitrogens is 3. The van der Waals surface area contributed by atoms with Crippen LogP contribution in [0.2, 0.25) is 0 Å². The monoisotopic (exact) mass is 605 g/mol. The Labute approximate surface area is 269 Å². The lowest BCUT2D eigenvalue weighted by Crippen LogP contribution is -2.04. The van der Waals surface area contributed by atoms with Gasteiger partial charge in [-0.25, -0.2) is 9.97 Å². The van der Waals surface area contributed by atoms with Crippen molar-refractivity contribution in [3.05, 3.63) is 139 Å². The Balaban J connectivity index is 1.48. The molecule has 0 N–H and O–H groups in total. The summed E-state index contributed by atoms with van der Waals surface area (Å²) in [4.78, 5) is 10.8. The number of hydrogen-bond donors (Lipinski definition) is 0. The Bertz CT molecular complexity index is 2890. The minimum atomic E-state index is 0.693. The van der Waals surface area contributed by atoms with Gasteiger partial charge < -0.3 is 0 Å². The van der Waals surface area contributed by atoms with Crippen LogP contribution in [0.3, 0.4) is 0 Å². The van der Waals surface area contributed by atoms with Gasteiger partial charge in [0.2, 0.25) is 5.95 Å². The van der Waals surface area contributed by atoms with Gasteiger partial charge in [-0.15, -0.1) is 11.3 Å². The molecule has 0 fully saturated rings. The minimum Gasteiger partial charge on any atom is -0.276 e. The van der Waals surface area contributed by atoms with Crippen molar-refractivity contribution in [2.75, 3.05) is 0 Å². The van der Waals surface area contributed by atoms with Crippen LogP contribution < -0.4 is 0 Å². The Morgan fingerprint density at radius 1 is 0.565 bits per heavy atom. The zero-order valence-electron chi connectivity index (χ0n) is 25.4. The first kappa shape index (κ1) is 25.7. The van der Waals surface area contributed by atoms with Crippen molar-refractivity contribution < 1.29 is 0 Å². The second kappa shape index (κ2) is 9.46. The highest BCUT2D eigenvalue weighted by Gasteiger charge is 2.25. The second-order valence-corrected chi connectivity index (χ2v) is 13.3. The van der Waals surface area contributed by atoms with E-state index >= 15 is 0 Å². The predicted octanol–water partition coefficient (Wildman–Crippen LogP) is 11.7. The zero-order chi connectivity index (χ0) is 30.5. The molecule has 0 radical (unpaired) electrons. The van der Waals surface area contributed by atoms with Gasteiger partial charge in [0.1, 0.15) is 0 Å². The quantitative estimate of drug-likeness (QED) is 0.196. The topological polar surface area (TPSA) is 30.7 Å². The van der Waals surface area contributed by atoms with E-state index in [4.69, 9.17) is 9.97 Å². The lowest BCUT2D eigenvalue weighted by Gasteiger charge is -2.14. The smallest absolute Gasteiger partial charge is 0.235 e. The lowest BCUT2D eigenvalue weighted by atomic mass is 9.97. The molecule has 0 saturated heterocycles. The van der Waals surface area contributed by atoms with Gasteiger partial charge in [-0.3, -0.25) is 4.57 Å². The van der Waals surface area contributed by atoms with Crippen LogP contribution in [0.1, 0.15) is 11.1 Å². The third-order valence-corrected chi connectivity index (χ3v) is 10.7. The molecule has 7 aromatic carbocycles. The summed E-state index contributed by atoms with van der Waals surface area (Å²) in [6, 6.07) is 46.0. The average molecular weight is 606 g/mol. The van der Waals surface area contributed by atoms with E-state index in [1.165, 1.54) is 69.1 Å². The van der Waals surface area contributed by atoms with Gasteiger partial charge in [-0.05, 0) is 59.2 Å². The predicted molar refractivity (Wildman–Crippen MR) is 197 cm³/mol. The summed E-state index contributed by atoms with van der Waals surface area (Å²) in [5.74, 6) is 0.693. The Morgan fingerprint density at radius 3 is 2.09 bits per heavy atom. The van der Waals surface area contributed by atoms with Gasteiger partial charge in [-0.1, -0.05) is 115 Å². The molecular formula is C42H27N3S. The highest BCUT2D eigenvalue weighted by Crippen LogP contribution is 2.49. The highest BCUT2D eigenvalue weighted by atomic mass is 32.1. The van der Waals surface area contributed by atoms with Crippen molar-refractivity contribution in [3.63, 3.8) is 0 Å². The Morgan fingerprint density at radius 2 is 1.26 bits per heavy atom. The normalized spacial score (nSPS) is 12.1. The molecule has 0 amide bonds. The molecule has 216 valence electrons. The third-order valence-electron chi connectivity index (χ3n) is 9.56. The van der Waals surface area contributed by atoms with E-state index in [2.05, 4.69) is 146 Å². The molecule has 0 spiro atoms. The zero-order valence-corrected chi connectivity index (χ0v) is 26.2. The molecule has 3 aromatic heterocycles. The van der Waals surface area contributed by atoms with E-state index in [1.807, 2.05) is 11.3 Å². The molecule has 46 heavy (non-hydrogen) atoms. The van der Waals surface area contributed by atoms with Crippen LogP contribution in [-0.2, 0) is 0 Å². The van der Waals surface area contributed by atoms with Gasteiger partial charge in [0.15, 0.2) is 0 Å². The first-order valence-electron chi connectivity index (χ1n) is 15.7. The van der Waals surface area contributed by atoms with Crippen LogP contribution in [0.4, 0.5) is 0 Å². The molecule has 0 aliphatic heterocycles. The summed E-state index contributed by atoms with van der Waals surface area (Å²) < 4.78 is 4.90. The minimum absolute atomic E-state index is 0.693. The molecule has 0 saturated carbocycles. The van der Waals surface area contributed by atoms with E-state index in [0.717, 1.165) is 27.7 Å². The fourth-order valence-corrected chi connectivity index (χ4v) is 8.85. The highest BCUT2D eigenvalue weighted by molar-refractivity contribution is 7.27. The van der Waals surface area contributed by atoms with Crippen molar-refractivity contribution >= 4 is 85.8 Å². The fourth-order valence-electron chi connectivity index (χ4n) is 7.59. The van der Waals surface area contributed by atoms with E-state index < -0.39 is 0 Å². The summed E-state index contributed by atoms with van der Waals surface area (Å²) in [5, 5.41) is 11.1. The maximum Gasteiger partial charge on any atom is 0.235 e. The number of hydrogen-bond acceptors (Lipinski definition) is 3. The third kappa shape index (κ3) is 3.48. The van der Waals surface area contributed by atoms with Gasteiger partial charge in [-0.2, -0.15) is 0 Å². The first-order valence-corrected chi connectivity index (χ1v) is 16.5. The van der Waals surface area contributed by atoms with Crippen LogP contribution in [0, 0.1) is 13.8 Å². The summed E-state index contributed by atoms with van der Waals surface area (Å²) >= 11 is 1.87. The molecule has 10 aromatic rings. The molecule has 3 heterocycles. The first-order chi connectivity index (χ1) is 22.7. The molecule has 4 heteroatoms. The number of fused-ring (bicyclic) bond motifs is 13. The van der Waals surface area contributed by atoms with Crippen LogP contribution in [0.5, 0.6) is 0 Å². The second-order valence-electron chi connectivity index (χ2n) is 12.3. The summed E-state index contributed by atoms with van der Waals surface area (Å²) in [6.07, 6.45) is 0. The molecular weight excluding hydrogens is 579 g/mol. The molecule has 0 aliphatic carbocycles. The van der Waals surface area contributed by atoms with Gasteiger partial charge in [0.05, 0.1) is 26.9 Å². The van der Waals surface area contributed by atoms with Gasteiger partial charge in [0, 0.05) is 37.2 Å². The molecule has 0 unspecified atom stereocenters. The maximum atomic E-state index is 5.48. The van der Waals surface area contributed by atoms with E-state index in [0.29, 0.717) is 5.95 Å². The maximum absolute atomic E-state index is 5.48. The number of aryl methyl sites for hydroxylation is 2. The Hall–Kier alpha value is -5.58. The van der Waals surface area contributed by atoms with Crippen LogP contribution in [0.25, 0.3) is 91.6 Å². The number of para-hydroxylation sites is 1. The van der Waals surface area contributed by atoms with Crippen LogP contribution in [0.15, 0.2) is 127 Å². The molecule has 0 aliphatic rings. The van der Waals surface area contributed by atoms with Crippen LogP contribution in [-0.4, -0.2) is 14.5 Å². The summed E-state index contributed by atoms with van der Waals surface area (Å²) in [6.45, 7) is 4.32. The summed E-state index contributed by atoms with van der Waals surface area (Å²) in [5.41, 5.74) is 7.77. The average Bonchev–Trinajstić information content (AvgIpc) is 3.65. The molecule has 10 rings (SSSR count). The van der Waals surface area contributed by atoms with Crippen molar-refractivity contribution in [2.45, 2.75) is 13.8 Å². The molecule has 0 atom stereocenters. The molecule has 0 bridgehead atoms. The standard InChI is InChI=1S/C42H27N3S/c1-24-19-21-27(25(2)23-24)39-31-15-7-9-17-33(31)43-42(44-39)45-34-22-20-26-11-3-4-12-28(26)37(34)38-30-14-6-5-13-29(30)36-32-16-8-10-18-35(32)46-41(36)40(38)45/h3-23H,1-2H3. The molecule has 3 nitrogen and oxygen atoms in total. The van der Waals surface area contributed by atoms with E-state index in [9.17, 15) is 0 Å². The van der Waals surface area contributed by atoms with Crippen LogP contribution >= 0.6 is 11.3 Å². The van der Waals surface area contributed by atoms with Crippen molar-refractivity contribution in [1.82, 2.24) is 14.5 Å². The number of thiophene rings is 1. The van der Waals surface area contributed by atoms with E-state index in [1.54, 1.807) is 0 Å². The fraction of sp³-hybridized carbons (Fsp3) is 0.0476. The Kier molecular flexibility index (Phi) is 5.29. The van der Waals surface area contributed by atoms with E-state index in [-0.39, 0.29) is 0 Å². The van der Waals surface area contributed by atoms with Crippen molar-refractivity contribution in [3.8, 4) is 17.2 Å². The van der Waals surface area contributed by atoms with Gasteiger partial charge >= 0.3 is 0 Å². The SMILES string of the molecule is Cc1ccc(-c2nc(-n3c4ccc5ccccc5c4c4c5ccccc5c5c6ccccc6sc5c43)nc3ccccc23)c(C)c1. The lowest BCUT2D eigenvalue weighted by molar-refractivity contribution is 1.02. The number of rotatable bonds is 2.